The minimum atomic E-state index is -1.37. The first kappa shape index (κ1) is 26.4. The maximum atomic E-state index is 13.0. The molecule has 1 fully saturated rings. The molecule has 38 heavy (non-hydrogen) atoms. The molecule has 0 spiro atoms. The van der Waals surface area contributed by atoms with E-state index in [2.05, 4.69) is 5.32 Å². The molecule has 1 aliphatic heterocycles. The van der Waals surface area contributed by atoms with E-state index in [-0.39, 0.29) is 34.9 Å². The fourth-order valence-corrected chi connectivity index (χ4v) is 4.91. The van der Waals surface area contributed by atoms with Crippen LogP contribution in [0.5, 0.6) is 5.75 Å². The summed E-state index contributed by atoms with van der Waals surface area (Å²) >= 11 is 1.22. The zero-order valence-corrected chi connectivity index (χ0v) is 20.9. The predicted octanol–water partition coefficient (Wildman–Crippen LogP) is 4.16. The first-order valence-electron chi connectivity index (χ1n) is 11.5. The van der Waals surface area contributed by atoms with E-state index < -0.39 is 23.1 Å². The number of imide groups is 1. The van der Waals surface area contributed by atoms with Gasteiger partial charge in [0.2, 0.25) is 11.8 Å². The normalized spacial score (nSPS) is 14.9. The molecular formula is C27H22N2O8S. The molecule has 0 aromatic heterocycles. The summed E-state index contributed by atoms with van der Waals surface area (Å²) in [6, 6.07) is 16.3. The summed E-state index contributed by atoms with van der Waals surface area (Å²) < 4.78 is 5.40. The molecule has 1 heterocycles. The van der Waals surface area contributed by atoms with Crippen molar-refractivity contribution in [3.8, 4) is 5.75 Å². The zero-order valence-electron chi connectivity index (χ0n) is 20.0. The Morgan fingerprint density at radius 3 is 2.24 bits per heavy atom. The Morgan fingerprint density at radius 1 is 0.947 bits per heavy atom. The van der Waals surface area contributed by atoms with Crippen molar-refractivity contribution in [1.82, 2.24) is 0 Å². The van der Waals surface area contributed by atoms with Crippen molar-refractivity contribution in [2.24, 2.45) is 0 Å². The van der Waals surface area contributed by atoms with Crippen molar-refractivity contribution >= 4 is 52.8 Å². The Morgan fingerprint density at radius 2 is 1.63 bits per heavy atom. The zero-order chi connectivity index (χ0) is 27.4. The van der Waals surface area contributed by atoms with E-state index in [9.17, 15) is 34.2 Å². The highest BCUT2D eigenvalue weighted by atomic mass is 32.2. The topological polar surface area (TPSA) is 150 Å². The molecule has 1 aliphatic rings. The van der Waals surface area contributed by atoms with Gasteiger partial charge in [-0.25, -0.2) is 14.5 Å². The van der Waals surface area contributed by atoms with Gasteiger partial charge in [0.05, 0.1) is 34.2 Å². The molecule has 0 radical (unpaired) electrons. The van der Waals surface area contributed by atoms with Gasteiger partial charge in [-0.05, 0) is 73.7 Å². The number of nitrogens with one attached hydrogen (secondary N) is 1. The Hall–Kier alpha value is -4.64. The van der Waals surface area contributed by atoms with Crippen molar-refractivity contribution in [2.75, 3.05) is 16.8 Å². The van der Waals surface area contributed by atoms with Gasteiger partial charge in [-0.1, -0.05) is 0 Å². The Kier molecular flexibility index (Phi) is 7.77. The van der Waals surface area contributed by atoms with Crippen LogP contribution in [0.1, 0.15) is 44.4 Å². The third-order valence-electron chi connectivity index (χ3n) is 5.64. The number of benzene rings is 3. The van der Waals surface area contributed by atoms with Crippen molar-refractivity contribution < 1.29 is 38.9 Å². The lowest BCUT2D eigenvalue weighted by Crippen LogP contribution is -2.31. The number of thioether (sulfide) groups is 1. The number of hydrogen-bond acceptors (Lipinski definition) is 7. The van der Waals surface area contributed by atoms with Gasteiger partial charge in [-0.2, -0.15) is 0 Å². The Bertz CT molecular complexity index is 1420. The second kappa shape index (κ2) is 11.2. The lowest BCUT2D eigenvalue weighted by molar-refractivity contribution is -0.121. The summed E-state index contributed by atoms with van der Waals surface area (Å²) in [6.45, 7) is 2.36. The highest BCUT2D eigenvalue weighted by Gasteiger charge is 2.40. The van der Waals surface area contributed by atoms with Crippen LogP contribution in [0.15, 0.2) is 71.6 Å². The summed E-state index contributed by atoms with van der Waals surface area (Å²) in [7, 11) is 0. The molecule has 3 amide bonds. The quantitative estimate of drug-likeness (QED) is 0.344. The number of carbonyl (C=O) groups excluding carboxylic acids is 3. The lowest BCUT2D eigenvalue weighted by atomic mass is 10.0. The van der Waals surface area contributed by atoms with E-state index in [4.69, 9.17) is 4.74 Å². The van der Waals surface area contributed by atoms with E-state index in [0.717, 1.165) is 23.1 Å². The number of carboxylic acid groups (broad SMARTS) is 2. The number of anilines is 2. The number of carbonyl (C=O) groups is 5. The summed E-state index contributed by atoms with van der Waals surface area (Å²) in [5.41, 5.74) is -0.0398. The maximum Gasteiger partial charge on any atom is 0.336 e. The molecule has 11 heteroatoms. The Labute approximate surface area is 221 Å². The number of nitrogens with zero attached hydrogens (tertiary/aromatic N) is 1. The summed E-state index contributed by atoms with van der Waals surface area (Å²) in [5.74, 6) is -3.44. The van der Waals surface area contributed by atoms with Gasteiger partial charge in [-0.15, -0.1) is 11.8 Å². The molecule has 0 unspecified atom stereocenters. The summed E-state index contributed by atoms with van der Waals surface area (Å²) in [6.07, 6.45) is 0.0348. The highest BCUT2D eigenvalue weighted by Crippen LogP contribution is 2.35. The molecule has 0 aliphatic carbocycles. The second-order valence-electron chi connectivity index (χ2n) is 8.15. The summed E-state index contributed by atoms with van der Waals surface area (Å²) in [5, 5.41) is 20.5. The molecule has 0 saturated carbocycles. The second-order valence-corrected chi connectivity index (χ2v) is 9.43. The van der Waals surface area contributed by atoms with Crippen LogP contribution in [0.4, 0.5) is 11.4 Å². The standard InChI is InChI=1S/C27H22N2O8S/c1-2-37-18-8-6-17(7-9-18)29-23(30)14-22(25(29)32)38-19-10-4-16(5-11-19)28-24(31)21-13-15(26(33)34)3-12-20(21)27(35)36/h3-13,22H,2,14H2,1H3,(H,28,31)(H,33,34)(H,35,36)/t22-/m1/s1. The fourth-order valence-electron chi connectivity index (χ4n) is 3.86. The minimum absolute atomic E-state index is 0.0348. The Balaban J connectivity index is 1.43. The van der Waals surface area contributed by atoms with Gasteiger partial charge in [0, 0.05) is 17.0 Å². The SMILES string of the molecule is CCOc1ccc(N2C(=O)C[C@@H](Sc3ccc(NC(=O)c4cc(C(=O)O)ccc4C(=O)O)cc3)C2=O)cc1. The third-order valence-corrected chi connectivity index (χ3v) is 6.84. The molecular weight excluding hydrogens is 512 g/mol. The van der Waals surface area contributed by atoms with Crippen LogP contribution in [-0.2, 0) is 9.59 Å². The third kappa shape index (κ3) is 5.68. The fraction of sp³-hybridized carbons (Fsp3) is 0.148. The number of ether oxygens (including phenoxy) is 1. The molecule has 3 aromatic carbocycles. The van der Waals surface area contributed by atoms with Gasteiger partial charge in [0.1, 0.15) is 5.75 Å². The van der Waals surface area contributed by atoms with Gasteiger partial charge >= 0.3 is 11.9 Å². The van der Waals surface area contributed by atoms with Crippen LogP contribution in [0.2, 0.25) is 0 Å². The van der Waals surface area contributed by atoms with Crippen LogP contribution in [0.25, 0.3) is 0 Å². The molecule has 4 rings (SSSR count). The molecule has 0 bridgehead atoms. The van der Waals surface area contributed by atoms with Crippen LogP contribution in [0.3, 0.4) is 0 Å². The molecule has 10 nitrogen and oxygen atoms in total. The van der Waals surface area contributed by atoms with Gasteiger partial charge in [0.15, 0.2) is 0 Å². The van der Waals surface area contributed by atoms with E-state index in [0.29, 0.717) is 28.6 Å². The van der Waals surface area contributed by atoms with E-state index in [1.807, 2.05) is 6.92 Å². The number of carboxylic acids is 2. The minimum Gasteiger partial charge on any atom is -0.494 e. The van der Waals surface area contributed by atoms with Crippen molar-refractivity contribution in [1.29, 1.82) is 0 Å². The largest absolute Gasteiger partial charge is 0.494 e. The molecule has 3 N–H and O–H groups in total. The molecule has 1 saturated heterocycles. The average molecular weight is 535 g/mol. The van der Waals surface area contributed by atoms with Crippen molar-refractivity contribution in [2.45, 2.75) is 23.5 Å². The van der Waals surface area contributed by atoms with E-state index in [1.165, 1.54) is 11.8 Å². The first-order chi connectivity index (χ1) is 18.2. The van der Waals surface area contributed by atoms with Crippen LogP contribution >= 0.6 is 11.8 Å². The van der Waals surface area contributed by atoms with Crippen molar-refractivity contribution in [3.63, 3.8) is 0 Å². The van der Waals surface area contributed by atoms with E-state index >= 15 is 0 Å². The van der Waals surface area contributed by atoms with Crippen LogP contribution in [-0.4, -0.2) is 51.7 Å². The van der Waals surface area contributed by atoms with Crippen molar-refractivity contribution in [3.05, 3.63) is 83.4 Å². The maximum absolute atomic E-state index is 13.0. The van der Waals surface area contributed by atoms with Gasteiger partial charge in [-0.3, -0.25) is 14.4 Å². The van der Waals surface area contributed by atoms with Gasteiger partial charge in [0.25, 0.3) is 5.91 Å². The lowest BCUT2D eigenvalue weighted by Gasteiger charge is -2.15. The predicted molar refractivity (Wildman–Crippen MR) is 139 cm³/mol. The average Bonchev–Trinajstić information content (AvgIpc) is 3.17. The first-order valence-corrected chi connectivity index (χ1v) is 12.3. The summed E-state index contributed by atoms with van der Waals surface area (Å²) in [4.78, 5) is 62.8. The smallest absolute Gasteiger partial charge is 0.336 e. The highest BCUT2D eigenvalue weighted by molar-refractivity contribution is 8.00. The molecule has 1 atom stereocenters. The number of amides is 3. The van der Waals surface area contributed by atoms with Gasteiger partial charge < -0.3 is 20.3 Å². The molecule has 3 aromatic rings. The van der Waals surface area contributed by atoms with Crippen LogP contribution in [0, 0.1) is 0 Å². The number of aromatic carboxylic acids is 2. The van der Waals surface area contributed by atoms with E-state index in [1.54, 1.807) is 48.5 Å². The monoisotopic (exact) mass is 534 g/mol. The number of hydrogen-bond donors (Lipinski definition) is 3. The van der Waals surface area contributed by atoms with Crippen LogP contribution < -0.4 is 15.0 Å². The molecule has 194 valence electrons. The number of rotatable bonds is 9.